The molecule has 0 amide bonds. The summed E-state index contributed by atoms with van der Waals surface area (Å²) >= 11 is 0. The molecule has 1 saturated heterocycles. The SMILES string of the molecule is C[C@H]1CNc2c(-c3ccc(OCCCN4CCC(C)(C)CC4)nc3)ccc3ncc4c(c23)n1c(=O)n4C. The van der Waals surface area contributed by atoms with Crippen LogP contribution in [0.4, 0.5) is 5.69 Å². The van der Waals surface area contributed by atoms with Crippen molar-refractivity contribution in [1.82, 2.24) is 24.0 Å². The van der Waals surface area contributed by atoms with Crippen LogP contribution >= 0.6 is 0 Å². The predicted molar refractivity (Wildman–Crippen MR) is 148 cm³/mol. The molecule has 6 rings (SSSR count). The van der Waals surface area contributed by atoms with E-state index in [9.17, 15) is 4.79 Å². The molecule has 8 nitrogen and oxygen atoms in total. The average molecular weight is 501 g/mol. The van der Waals surface area contributed by atoms with E-state index in [0.29, 0.717) is 24.4 Å². The largest absolute Gasteiger partial charge is 0.478 e. The maximum absolute atomic E-state index is 13.0. The van der Waals surface area contributed by atoms with Gasteiger partial charge in [-0.25, -0.2) is 9.78 Å². The fourth-order valence-corrected chi connectivity index (χ4v) is 5.75. The lowest BCUT2D eigenvalue weighted by molar-refractivity contribution is 0.125. The molecule has 194 valence electrons. The molecule has 1 N–H and O–H groups in total. The first-order valence-electron chi connectivity index (χ1n) is 13.4. The zero-order valence-electron chi connectivity index (χ0n) is 22.3. The molecule has 0 spiro atoms. The van der Waals surface area contributed by atoms with Gasteiger partial charge >= 0.3 is 5.69 Å². The number of nitrogens with one attached hydrogen (secondary N) is 1. The van der Waals surface area contributed by atoms with E-state index in [1.54, 1.807) is 10.8 Å². The summed E-state index contributed by atoms with van der Waals surface area (Å²) in [5.41, 5.74) is 6.19. The number of rotatable bonds is 6. The van der Waals surface area contributed by atoms with Crippen LogP contribution in [-0.2, 0) is 7.05 Å². The normalized spacial score (nSPS) is 19.3. The minimum Gasteiger partial charge on any atom is -0.478 e. The van der Waals surface area contributed by atoms with Crippen LogP contribution < -0.4 is 15.7 Å². The number of piperidine rings is 1. The molecule has 4 aromatic rings. The molecule has 0 radical (unpaired) electrons. The van der Waals surface area contributed by atoms with Gasteiger partial charge in [0.15, 0.2) is 0 Å². The molecule has 1 atom stereocenters. The number of likely N-dealkylation sites (tertiary alicyclic amines) is 1. The highest BCUT2D eigenvalue weighted by Gasteiger charge is 2.26. The first kappa shape index (κ1) is 24.0. The van der Waals surface area contributed by atoms with E-state index in [-0.39, 0.29) is 11.7 Å². The van der Waals surface area contributed by atoms with E-state index in [1.165, 1.54) is 25.9 Å². The summed E-state index contributed by atoms with van der Waals surface area (Å²) in [6, 6.07) is 8.15. The Morgan fingerprint density at radius 1 is 1.11 bits per heavy atom. The Balaban J connectivity index is 1.22. The predicted octanol–water partition coefficient (Wildman–Crippen LogP) is 4.83. The Kier molecular flexibility index (Phi) is 5.94. The summed E-state index contributed by atoms with van der Waals surface area (Å²) in [4.78, 5) is 24.8. The van der Waals surface area contributed by atoms with Gasteiger partial charge in [0.25, 0.3) is 0 Å². The van der Waals surface area contributed by atoms with E-state index in [4.69, 9.17) is 4.74 Å². The Bertz CT molecular complexity index is 1510. The molecule has 1 fully saturated rings. The van der Waals surface area contributed by atoms with Gasteiger partial charge in [0.05, 0.1) is 46.5 Å². The van der Waals surface area contributed by atoms with Gasteiger partial charge < -0.3 is 15.0 Å². The Labute approximate surface area is 217 Å². The van der Waals surface area contributed by atoms with Crippen molar-refractivity contribution in [1.29, 1.82) is 0 Å². The van der Waals surface area contributed by atoms with Crippen LogP contribution in [-0.4, -0.2) is 56.8 Å². The van der Waals surface area contributed by atoms with Crippen molar-refractivity contribution in [3.63, 3.8) is 0 Å². The van der Waals surface area contributed by atoms with Crippen molar-refractivity contribution >= 4 is 27.6 Å². The number of imidazole rings is 1. The topological polar surface area (TPSA) is 77.2 Å². The van der Waals surface area contributed by atoms with Gasteiger partial charge in [0, 0.05) is 43.5 Å². The second-order valence-electron chi connectivity index (χ2n) is 11.4. The molecule has 0 aliphatic carbocycles. The van der Waals surface area contributed by atoms with Crippen LogP contribution in [0.15, 0.2) is 41.5 Å². The second kappa shape index (κ2) is 9.17. The fraction of sp³-hybridized carbons (Fsp3) is 0.483. The van der Waals surface area contributed by atoms with Crippen molar-refractivity contribution in [3.8, 4) is 17.0 Å². The number of ether oxygens (including phenoxy) is 1. The van der Waals surface area contributed by atoms with Crippen LogP contribution in [0.5, 0.6) is 5.88 Å². The minimum absolute atomic E-state index is 0.0100. The Morgan fingerprint density at radius 2 is 1.92 bits per heavy atom. The zero-order chi connectivity index (χ0) is 25.7. The first-order valence-corrected chi connectivity index (χ1v) is 13.4. The van der Waals surface area contributed by atoms with Crippen LogP contribution in [0.25, 0.3) is 33.1 Å². The number of hydrogen-bond donors (Lipinski definition) is 1. The van der Waals surface area contributed by atoms with E-state index < -0.39 is 0 Å². The van der Waals surface area contributed by atoms with Gasteiger partial charge in [-0.2, -0.15) is 0 Å². The number of anilines is 1. The molecule has 5 heterocycles. The third-order valence-electron chi connectivity index (χ3n) is 8.22. The number of nitrogens with zero attached hydrogens (tertiary/aromatic N) is 5. The average Bonchev–Trinajstić information content (AvgIpc) is 3.05. The molecule has 3 aromatic heterocycles. The molecule has 0 bridgehead atoms. The molecule has 2 aliphatic heterocycles. The highest BCUT2D eigenvalue weighted by atomic mass is 16.5. The third-order valence-corrected chi connectivity index (χ3v) is 8.22. The van der Waals surface area contributed by atoms with Crippen molar-refractivity contribution in [2.45, 2.75) is 46.1 Å². The van der Waals surface area contributed by atoms with E-state index in [0.717, 1.165) is 51.7 Å². The molecule has 2 aliphatic rings. The molecule has 0 saturated carbocycles. The van der Waals surface area contributed by atoms with E-state index in [2.05, 4.69) is 53.1 Å². The maximum Gasteiger partial charge on any atom is 0.329 e. The maximum atomic E-state index is 13.0. The number of pyridine rings is 2. The molecule has 37 heavy (non-hydrogen) atoms. The molecule has 1 aromatic carbocycles. The van der Waals surface area contributed by atoms with Crippen molar-refractivity contribution in [2.75, 3.05) is 38.1 Å². The second-order valence-corrected chi connectivity index (χ2v) is 11.4. The fourth-order valence-electron chi connectivity index (χ4n) is 5.75. The number of aromatic nitrogens is 4. The highest BCUT2D eigenvalue weighted by Crippen LogP contribution is 2.40. The standard InChI is InChI=1S/C29H36N6O2/c1-19-16-32-26-21(7-8-22-25(26)27-23(18-30-22)33(4)28(36)35(19)27)20-6-9-24(31-17-20)37-15-5-12-34-13-10-29(2,3)11-14-34/h6-9,17-19,32H,5,10-16H2,1-4H3/t19-/m0/s1. The van der Waals surface area contributed by atoms with Crippen LogP contribution in [0.2, 0.25) is 0 Å². The van der Waals surface area contributed by atoms with Crippen LogP contribution in [0.3, 0.4) is 0 Å². The lowest BCUT2D eigenvalue weighted by Gasteiger charge is -2.36. The van der Waals surface area contributed by atoms with Gasteiger partial charge in [-0.15, -0.1) is 0 Å². The summed E-state index contributed by atoms with van der Waals surface area (Å²) in [5, 5.41) is 4.59. The lowest BCUT2D eigenvalue weighted by atomic mass is 9.83. The smallest absolute Gasteiger partial charge is 0.329 e. The number of benzene rings is 1. The minimum atomic E-state index is -0.0100. The van der Waals surface area contributed by atoms with Crippen LogP contribution in [0, 0.1) is 5.41 Å². The third kappa shape index (κ3) is 4.27. The summed E-state index contributed by atoms with van der Waals surface area (Å²) in [6.07, 6.45) is 7.22. The molecular weight excluding hydrogens is 464 g/mol. The quantitative estimate of drug-likeness (QED) is 0.382. The van der Waals surface area contributed by atoms with E-state index in [1.807, 2.05) is 29.9 Å². The van der Waals surface area contributed by atoms with Crippen molar-refractivity contribution < 1.29 is 4.74 Å². The summed E-state index contributed by atoms with van der Waals surface area (Å²) in [7, 11) is 1.82. The highest BCUT2D eigenvalue weighted by molar-refractivity contribution is 6.13. The number of aryl methyl sites for hydroxylation is 1. The molecule has 0 unspecified atom stereocenters. The van der Waals surface area contributed by atoms with Gasteiger partial charge in [-0.1, -0.05) is 19.9 Å². The van der Waals surface area contributed by atoms with Crippen molar-refractivity contribution in [2.24, 2.45) is 12.5 Å². The summed E-state index contributed by atoms with van der Waals surface area (Å²) < 4.78 is 9.56. The van der Waals surface area contributed by atoms with Crippen LogP contribution in [0.1, 0.15) is 46.1 Å². The van der Waals surface area contributed by atoms with Gasteiger partial charge in [0.2, 0.25) is 5.88 Å². The lowest BCUT2D eigenvalue weighted by Crippen LogP contribution is -2.38. The molecular formula is C29H36N6O2. The molecule has 8 heteroatoms. The van der Waals surface area contributed by atoms with Gasteiger partial charge in [-0.05, 0) is 56.8 Å². The summed E-state index contributed by atoms with van der Waals surface area (Å²) in [5.74, 6) is 0.651. The first-order chi connectivity index (χ1) is 17.8. The number of hydrogen-bond acceptors (Lipinski definition) is 6. The van der Waals surface area contributed by atoms with Crippen molar-refractivity contribution in [3.05, 3.63) is 47.1 Å². The zero-order valence-corrected chi connectivity index (χ0v) is 22.3. The Hall–Kier alpha value is -3.39. The van der Waals surface area contributed by atoms with E-state index >= 15 is 0 Å². The van der Waals surface area contributed by atoms with Gasteiger partial charge in [-0.3, -0.25) is 14.1 Å². The monoisotopic (exact) mass is 500 g/mol. The summed E-state index contributed by atoms with van der Waals surface area (Å²) in [6.45, 7) is 11.6. The van der Waals surface area contributed by atoms with Gasteiger partial charge in [0.1, 0.15) is 0 Å². The Morgan fingerprint density at radius 3 is 2.68 bits per heavy atom.